The SMILES string of the molecule is CN(C)C(C)(C)COc1cc2c(cc1N)OCCO2. The Bertz CT molecular complexity index is 458. The third kappa shape index (κ3) is 3.04. The van der Waals surface area contributed by atoms with Crippen LogP contribution in [0.1, 0.15) is 13.8 Å². The molecule has 0 fully saturated rings. The summed E-state index contributed by atoms with van der Waals surface area (Å²) in [6, 6.07) is 3.56. The zero-order valence-electron chi connectivity index (χ0n) is 12.0. The summed E-state index contributed by atoms with van der Waals surface area (Å²) >= 11 is 0. The number of anilines is 1. The fourth-order valence-electron chi connectivity index (χ4n) is 1.59. The number of benzene rings is 1. The molecule has 0 bridgehead atoms. The van der Waals surface area contributed by atoms with Gasteiger partial charge in [0.25, 0.3) is 0 Å². The summed E-state index contributed by atoms with van der Waals surface area (Å²) in [5.74, 6) is 2.01. The predicted molar refractivity (Wildman–Crippen MR) is 75.1 cm³/mol. The third-order valence-electron chi connectivity index (χ3n) is 3.47. The van der Waals surface area contributed by atoms with Crippen LogP contribution in [0.4, 0.5) is 5.69 Å². The maximum atomic E-state index is 5.98. The van der Waals surface area contributed by atoms with Gasteiger partial charge in [-0.25, -0.2) is 0 Å². The lowest BCUT2D eigenvalue weighted by atomic mass is 10.1. The minimum Gasteiger partial charge on any atom is -0.489 e. The number of nitrogen functional groups attached to an aromatic ring is 1. The Morgan fingerprint density at radius 2 is 1.79 bits per heavy atom. The Morgan fingerprint density at radius 1 is 1.21 bits per heavy atom. The van der Waals surface area contributed by atoms with Crippen molar-refractivity contribution in [2.75, 3.05) is 39.6 Å². The lowest BCUT2D eigenvalue weighted by Crippen LogP contribution is -2.43. The first-order chi connectivity index (χ1) is 8.90. The molecule has 0 amide bonds. The van der Waals surface area contributed by atoms with Gasteiger partial charge in [0.2, 0.25) is 0 Å². The van der Waals surface area contributed by atoms with Crippen molar-refractivity contribution in [3.8, 4) is 17.2 Å². The second-order valence-corrected chi connectivity index (χ2v) is 5.53. The Morgan fingerprint density at radius 3 is 2.37 bits per heavy atom. The number of nitrogens with zero attached hydrogens (tertiary/aromatic N) is 1. The smallest absolute Gasteiger partial charge is 0.165 e. The number of fused-ring (bicyclic) bond motifs is 1. The zero-order chi connectivity index (χ0) is 14.0. The van der Waals surface area contributed by atoms with Gasteiger partial charge in [0.05, 0.1) is 5.69 Å². The van der Waals surface area contributed by atoms with Crippen LogP contribution in [0.15, 0.2) is 12.1 Å². The molecule has 0 saturated carbocycles. The van der Waals surface area contributed by atoms with Gasteiger partial charge in [-0.05, 0) is 27.9 Å². The molecule has 19 heavy (non-hydrogen) atoms. The Labute approximate surface area is 114 Å². The van der Waals surface area contributed by atoms with E-state index in [0.29, 0.717) is 42.8 Å². The number of hydrogen-bond acceptors (Lipinski definition) is 5. The van der Waals surface area contributed by atoms with E-state index in [1.807, 2.05) is 14.1 Å². The second-order valence-electron chi connectivity index (χ2n) is 5.53. The summed E-state index contributed by atoms with van der Waals surface area (Å²) in [5.41, 5.74) is 6.47. The molecule has 2 N–H and O–H groups in total. The molecule has 0 aliphatic carbocycles. The average molecular weight is 266 g/mol. The molecule has 0 aromatic heterocycles. The van der Waals surface area contributed by atoms with Crippen molar-refractivity contribution in [1.82, 2.24) is 4.90 Å². The van der Waals surface area contributed by atoms with E-state index in [9.17, 15) is 0 Å². The maximum Gasteiger partial charge on any atom is 0.165 e. The zero-order valence-corrected chi connectivity index (χ0v) is 12.0. The van der Waals surface area contributed by atoms with Crippen LogP contribution in [-0.4, -0.2) is 44.4 Å². The highest BCUT2D eigenvalue weighted by atomic mass is 16.6. The molecule has 1 aliphatic heterocycles. The van der Waals surface area contributed by atoms with Crippen molar-refractivity contribution >= 4 is 5.69 Å². The van der Waals surface area contributed by atoms with E-state index >= 15 is 0 Å². The first-order valence-corrected chi connectivity index (χ1v) is 6.39. The molecule has 5 nitrogen and oxygen atoms in total. The molecule has 1 heterocycles. The predicted octanol–water partition coefficient (Wildman–Crippen LogP) is 1.76. The molecule has 0 radical (unpaired) electrons. The first kappa shape index (κ1) is 13.8. The Balaban J connectivity index is 2.13. The molecule has 0 spiro atoms. The van der Waals surface area contributed by atoms with Crippen LogP contribution in [0.2, 0.25) is 0 Å². The molecule has 0 atom stereocenters. The van der Waals surface area contributed by atoms with Crippen LogP contribution in [-0.2, 0) is 0 Å². The molecule has 1 aromatic carbocycles. The van der Waals surface area contributed by atoms with E-state index in [4.69, 9.17) is 19.9 Å². The first-order valence-electron chi connectivity index (χ1n) is 6.39. The van der Waals surface area contributed by atoms with Gasteiger partial charge in [-0.2, -0.15) is 0 Å². The summed E-state index contributed by atoms with van der Waals surface area (Å²) in [6.07, 6.45) is 0. The highest BCUT2D eigenvalue weighted by molar-refractivity contribution is 5.62. The van der Waals surface area contributed by atoms with E-state index in [1.54, 1.807) is 12.1 Å². The molecule has 0 saturated heterocycles. The molecular weight excluding hydrogens is 244 g/mol. The minimum atomic E-state index is -0.0697. The minimum absolute atomic E-state index is 0.0697. The van der Waals surface area contributed by atoms with Gasteiger partial charge < -0.3 is 24.8 Å². The highest BCUT2D eigenvalue weighted by Crippen LogP contribution is 2.38. The van der Waals surface area contributed by atoms with Crippen LogP contribution in [0.3, 0.4) is 0 Å². The van der Waals surface area contributed by atoms with Crippen LogP contribution < -0.4 is 19.9 Å². The van der Waals surface area contributed by atoms with E-state index < -0.39 is 0 Å². The summed E-state index contributed by atoms with van der Waals surface area (Å²) in [7, 11) is 4.05. The lowest BCUT2D eigenvalue weighted by molar-refractivity contribution is 0.113. The van der Waals surface area contributed by atoms with Crippen LogP contribution in [0, 0.1) is 0 Å². The summed E-state index contributed by atoms with van der Waals surface area (Å²) in [5, 5.41) is 0. The fraction of sp³-hybridized carbons (Fsp3) is 0.571. The fourth-order valence-corrected chi connectivity index (χ4v) is 1.59. The topological polar surface area (TPSA) is 57.0 Å². The molecule has 1 aromatic rings. The summed E-state index contributed by atoms with van der Waals surface area (Å²) in [6.45, 7) is 5.88. The van der Waals surface area contributed by atoms with Crippen molar-refractivity contribution < 1.29 is 14.2 Å². The van der Waals surface area contributed by atoms with Gasteiger partial charge >= 0.3 is 0 Å². The largest absolute Gasteiger partial charge is 0.489 e. The Hall–Kier alpha value is -1.62. The van der Waals surface area contributed by atoms with Crippen molar-refractivity contribution in [3.05, 3.63) is 12.1 Å². The van der Waals surface area contributed by atoms with Gasteiger partial charge in [0.15, 0.2) is 11.5 Å². The summed E-state index contributed by atoms with van der Waals surface area (Å²) in [4.78, 5) is 2.11. The molecule has 2 rings (SSSR count). The van der Waals surface area contributed by atoms with E-state index in [-0.39, 0.29) is 5.54 Å². The summed E-state index contributed by atoms with van der Waals surface area (Å²) < 4.78 is 16.8. The van der Waals surface area contributed by atoms with Crippen molar-refractivity contribution in [2.45, 2.75) is 19.4 Å². The average Bonchev–Trinajstić information content (AvgIpc) is 2.36. The molecule has 1 aliphatic rings. The van der Waals surface area contributed by atoms with Crippen molar-refractivity contribution in [1.29, 1.82) is 0 Å². The maximum absolute atomic E-state index is 5.98. The number of ether oxygens (including phenoxy) is 3. The van der Waals surface area contributed by atoms with Gasteiger partial charge in [0, 0.05) is 17.7 Å². The van der Waals surface area contributed by atoms with Crippen molar-refractivity contribution in [3.63, 3.8) is 0 Å². The van der Waals surface area contributed by atoms with Gasteiger partial charge in [-0.1, -0.05) is 0 Å². The quantitative estimate of drug-likeness (QED) is 0.842. The Kier molecular flexibility index (Phi) is 3.75. The van der Waals surface area contributed by atoms with Gasteiger partial charge in [0.1, 0.15) is 25.6 Å². The monoisotopic (exact) mass is 266 g/mol. The van der Waals surface area contributed by atoms with Gasteiger partial charge in [-0.3, -0.25) is 0 Å². The molecule has 0 unspecified atom stereocenters. The highest BCUT2D eigenvalue weighted by Gasteiger charge is 2.23. The third-order valence-corrected chi connectivity index (χ3v) is 3.47. The lowest BCUT2D eigenvalue weighted by Gasteiger charge is -2.32. The standard InChI is InChI=1S/C14H22N2O3/c1-14(2,16(3)4)9-19-11-8-13-12(7-10(11)15)17-5-6-18-13/h7-8H,5-6,9,15H2,1-4H3. The van der Waals surface area contributed by atoms with Gasteiger partial charge in [-0.15, -0.1) is 0 Å². The van der Waals surface area contributed by atoms with Crippen LogP contribution in [0.5, 0.6) is 17.2 Å². The number of hydrogen-bond donors (Lipinski definition) is 1. The number of rotatable bonds is 4. The van der Waals surface area contributed by atoms with E-state index in [0.717, 1.165) is 0 Å². The number of likely N-dealkylation sites (N-methyl/N-ethyl adjacent to an activating group) is 1. The molecule has 5 heteroatoms. The number of nitrogens with two attached hydrogens (primary N) is 1. The molecular formula is C14H22N2O3. The second kappa shape index (κ2) is 5.17. The van der Waals surface area contributed by atoms with Crippen molar-refractivity contribution in [2.24, 2.45) is 0 Å². The van der Waals surface area contributed by atoms with Crippen LogP contribution >= 0.6 is 0 Å². The van der Waals surface area contributed by atoms with Crippen LogP contribution in [0.25, 0.3) is 0 Å². The normalized spacial score (nSPS) is 14.6. The van der Waals surface area contributed by atoms with E-state index in [1.165, 1.54) is 0 Å². The van der Waals surface area contributed by atoms with E-state index in [2.05, 4.69) is 18.7 Å². The molecule has 106 valence electrons.